The molecule has 25 heavy (non-hydrogen) atoms. The van der Waals surface area contributed by atoms with Crippen molar-refractivity contribution in [3.63, 3.8) is 0 Å². The van der Waals surface area contributed by atoms with Gasteiger partial charge in [0.1, 0.15) is 0 Å². The molecule has 9 heteroatoms. The molecule has 8 nitrogen and oxygen atoms in total. The normalized spacial score (nSPS) is 16.6. The van der Waals surface area contributed by atoms with Crippen molar-refractivity contribution < 1.29 is 22.7 Å². The zero-order valence-corrected chi connectivity index (χ0v) is 15.4. The number of rotatable bonds is 5. The van der Waals surface area contributed by atoms with Crippen LogP contribution < -0.4 is 5.32 Å². The number of amides is 1. The Bertz CT molecular complexity index is 740. The van der Waals surface area contributed by atoms with Gasteiger partial charge in [0.05, 0.1) is 12.7 Å². The molecule has 0 spiro atoms. The first-order valence-electron chi connectivity index (χ1n) is 7.92. The van der Waals surface area contributed by atoms with Gasteiger partial charge in [-0.2, -0.15) is 17.0 Å². The Kier molecular flexibility index (Phi) is 6.15. The van der Waals surface area contributed by atoms with Crippen molar-refractivity contribution in [2.75, 3.05) is 39.6 Å². The van der Waals surface area contributed by atoms with E-state index in [1.807, 2.05) is 0 Å². The summed E-state index contributed by atoms with van der Waals surface area (Å²) >= 11 is 0. The fourth-order valence-electron chi connectivity index (χ4n) is 2.67. The zero-order valence-electron chi connectivity index (χ0n) is 14.6. The molecule has 0 unspecified atom stereocenters. The summed E-state index contributed by atoms with van der Waals surface area (Å²) < 4.78 is 31.4. The maximum atomic E-state index is 12.4. The van der Waals surface area contributed by atoms with E-state index in [4.69, 9.17) is 0 Å². The Morgan fingerprint density at radius 1 is 1.24 bits per heavy atom. The molecule has 1 N–H and O–H groups in total. The van der Waals surface area contributed by atoms with Crippen LogP contribution in [0, 0.1) is 5.92 Å². The van der Waals surface area contributed by atoms with Gasteiger partial charge in [0, 0.05) is 38.8 Å². The van der Waals surface area contributed by atoms with Gasteiger partial charge >= 0.3 is 5.97 Å². The maximum Gasteiger partial charge on any atom is 0.337 e. The van der Waals surface area contributed by atoms with Crippen LogP contribution in [0.3, 0.4) is 0 Å². The lowest BCUT2D eigenvalue weighted by molar-refractivity contribution is -0.120. The first-order chi connectivity index (χ1) is 11.8. The van der Waals surface area contributed by atoms with Gasteiger partial charge in [-0.3, -0.25) is 4.79 Å². The molecule has 0 bridgehead atoms. The molecule has 1 heterocycles. The lowest BCUT2D eigenvalue weighted by atomic mass is 9.97. The highest BCUT2D eigenvalue weighted by Crippen LogP contribution is 2.22. The van der Waals surface area contributed by atoms with Crippen molar-refractivity contribution >= 4 is 27.8 Å². The predicted molar refractivity (Wildman–Crippen MR) is 93.3 cm³/mol. The standard InChI is InChI=1S/C16H23N3O5S/c1-18(2)25(22,23)19-9-7-12(8-10-19)15(20)17-14-6-4-5-13(11-14)16(21)24-3/h4-6,11-12H,7-10H2,1-3H3,(H,17,20). The Morgan fingerprint density at radius 2 is 1.88 bits per heavy atom. The monoisotopic (exact) mass is 369 g/mol. The fourth-order valence-corrected chi connectivity index (χ4v) is 3.80. The Hall–Kier alpha value is -1.97. The molecule has 0 aromatic heterocycles. The van der Waals surface area contributed by atoms with E-state index in [9.17, 15) is 18.0 Å². The second-order valence-corrected chi connectivity index (χ2v) is 8.17. The van der Waals surface area contributed by atoms with Gasteiger partial charge in [-0.1, -0.05) is 6.07 Å². The number of hydrogen-bond donors (Lipinski definition) is 1. The number of anilines is 1. The van der Waals surface area contributed by atoms with Gasteiger partial charge in [0.15, 0.2) is 0 Å². The SMILES string of the molecule is COC(=O)c1cccc(NC(=O)C2CCN(S(=O)(=O)N(C)C)CC2)c1. The summed E-state index contributed by atoms with van der Waals surface area (Å²) in [5, 5.41) is 2.78. The van der Waals surface area contributed by atoms with Gasteiger partial charge in [-0.25, -0.2) is 4.79 Å². The van der Waals surface area contributed by atoms with E-state index in [0.717, 1.165) is 0 Å². The molecule has 1 aromatic rings. The molecule has 1 aliphatic heterocycles. The van der Waals surface area contributed by atoms with Crippen LogP contribution in [0.2, 0.25) is 0 Å². The lowest BCUT2D eigenvalue weighted by Crippen LogP contribution is -2.46. The summed E-state index contributed by atoms with van der Waals surface area (Å²) in [6, 6.07) is 6.51. The first kappa shape index (κ1) is 19.4. The molecule has 1 saturated heterocycles. The first-order valence-corrected chi connectivity index (χ1v) is 9.32. The van der Waals surface area contributed by atoms with Crippen LogP contribution in [0.15, 0.2) is 24.3 Å². The van der Waals surface area contributed by atoms with Crippen molar-refractivity contribution in [2.45, 2.75) is 12.8 Å². The molecule has 138 valence electrons. The summed E-state index contributed by atoms with van der Waals surface area (Å²) in [6.07, 6.45) is 0.908. The van der Waals surface area contributed by atoms with E-state index in [0.29, 0.717) is 37.2 Å². The topological polar surface area (TPSA) is 96.0 Å². The number of carbonyl (C=O) groups is 2. The highest BCUT2D eigenvalue weighted by molar-refractivity contribution is 7.86. The minimum atomic E-state index is -3.44. The van der Waals surface area contributed by atoms with Crippen molar-refractivity contribution in [1.29, 1.82) is 0 Å². The van der Waals surface area contributed by atoms with Crippen LogP contribution in [-0.4, -0.2) is 63.2 Å². The van der Waals surface area contributed by atoms with Gasteiger partial charge in [0.25, 0.3) is 10.2 Å². The minimum Gasteiger partial charge on any atom is -0.465 e. The molecule has 1 amide bonds. The third-order valence-electron chi connectivity index (χ3n) is 4.16. The summed E-state index contributed by atoms with van der Waals surface area (Å²) in [4.78, 5) is 23.9. The van der Waals surface area contributed by atoms with Crippen molar-refractivity contribution in [1.82, 2.24) is 8.61 Å². The molecular weight excluding hydrogens is 346 g/mol. The second kappa shape index (κ2) is 7.94. The number of benzene rings is 1. The van der Waals surface area contributed by atoms with Crippen LogP contribution >= 0.6 is 0 Å². The van der Waals surface area contributed by atoms with Crippen LogP contribution in [0.4, 0.5) is 5.69 Å². The fraction of sp³-hybridized carbons (Fsp3) is 0.500. The third kappa shape index (κ3) is 4.56. The summed E-state index contributed by atoms with van der Waals surface area (Å²) in [6.45, 7) is 0.613. The maximum absolute atomic E-state index is 12.4. The van der Waals surface area contributed by atoms with Crippen molar-refractivity contribution in [3.05, 3.63) is 29.8 Å². The van der Waals surface area contributed by atoms with E-state index in [-0.39, 0.29) is 11.8 Å². The van der Waals surface area contributed by atoms with Crippen molar-refractivity contribution in [2.24, 2.45) is 5.92 Å². The number of ether oxygens (including phenoxy) is 1. The van der Waals surface area contributed by atoms with E-state index in [1.54, 1.807) is 24.3 Å². The molecule has 1 fully saturated rings. The number of carbonyl (C=O) groups excluding carboxylic acids is 2. The van der Waals surface area contributed by atoms with Crippen molar-refractivity contribution in [3.8, 4) is 0 Å². The Morgan fingerprint density at radius 3 is 2.44 bits per heavy atom. The van der Waals surface area contributed by atoms with Gasteiger partial charge < -0.3 is 10.1 Å². The molecule has 0 saturated carbocycles. The third-order valence-corrected chi connectivity index (χ3v) is 6.10. The predicted octanol–water partition coefficient (Wildman–Crippen LogP) is 0.930. The average Bonchev–Trinajstić information content (AvgIpc) is 2.61. The Balaban J connectivity index is 1.96. The number of piperidine rings is 1. The summed E-state index contributed by atoms with van der Waals surface area (Å²) in [5.41, 5.74) is 0.864. The number of nitrogens with one attached hydrogen (secondary N) is 1. The molecular formula is C16H23N3O5S. The second-order valence-electron chi connectivity index (χ2n) is 6.03. The summed E-state index contributed by atoms with van der Waals surface area (Å²) in [5.74, 6) is -0.919. The van der Waals surface area contributed by atoms with E-state index >= 15 is 0 Å². The molecule has 0 aliphatic carbocycles. The van der Waals surface area contributed by atoms with E-state index in [1.165, 1.54) is 29.8 Å². The van der Waals surface area contributed by atoms with Gasteiger partial charge in [-0.15, -0.1) is 0 Å². The molecule has 0 radical (unpaired) electrons. The van der Waals surface area contributed by atoms with E-state index in [2.05, 4.69) is 10.1 Å². The van der Waals surface area contributed by atoms with Crippen LogP contribution in [0.5, 0.6) is 0 Å². The molecule has 1 aromatic carbocycles. The summed E-state index contributed by atoms with van der Waals surface area (Å²) in [7, 11) is 0.829. The van der Waals surface area contributed by atoms with E-state index < -0.39 is 16.2 Å². The van der Waals surface area contributed by atoms with Gasteiger partial charge in [0.2, 0.25) is 5.91 Å². The van der Waals surface area contributed by atoms with Crippen LogP contribution in [0.1, 0.15) is 23.2 Å². The number of hydrogen-bond acceptors (Lipinski definition) is 5. The highest BCUT2D eigenvalue weighted by Gasteiger charge is 2.32. The van der Waals surface area contributed by atoms with Gasteiger partial charge in [-0.05, 0) is 31.0 Å². The molecule has 0 atom stereocenters. The number of esters is 1. The lowest BCUT2D eigenvalue weighted by Gasteiger charge is -2.32. The smallest absolute Gasteiger partial charge is 0.337 e. The Labute approximate surface area is 147 Å². The largest absolute Gasteiger partial charge is 0.465 e. The van der Waals surface area contributed by atoms with Crippen LogP contribution in [-0.2, 0) is 19.7 Å². The number of nitrogens with zero attached hydrogens (tertiary/aromatic N) is 2. The quantitative estimate of drug-likeness (QED) is 0.779. The van der Waals surface area contributed by atoms with Crippen LogP contribution in [0.25, 0.3) is 0 Å². The molecule has 2 rings (SSSR count). The zero-order chi connectivity index (χ0) is 18.6. The average molecular weight is 369 g/mol. The molecule has 1 aliphatic rings. The minimum absolute atomic E-state index is 0.177. The highest BCUT2D eigenvalue weighted by atomic mass is 32.2. The number of methoxy groups -OCH3 is 1.